The minimum Gasteiger partial charge on any atom is -0.381 e. The molecule has 5 nitrogen and oxygen atoms in total. The van der Waals surface area contributed by atoms with Crippen LogP contribution >= 0.6 is 24.0 Å². The summed E-state index contributed by atoms with van der Waals surface area (Å²) in [6, 6.07) is 1.45. The Morgan fingerprint density at radius 2 is 1.87 bits per heavy atom. The normalized spacial score (nSPS) is 18.2. The molecule has 0 amide bonds. The van der Waals surface area contributed by atoms with Gasteiger partial charge in [0, 0.05) is 52.0 Å². The lowest BCUT2D eigenvalue weighted by molar-refractivity contribution is 0.123. The van der Waals surface area contributed by atoms with Gasteiger partial charge in [-0.2, -0.15) is 0 Å². The number of nitrogens with one attached hydrogen (secondary N) is 2. The second-order valence-electron chi connectivity index (χ2n) is 6.86. The molecule has 0 atom stereocenters. The van der Waals surface area contributed by atoms with Crippen molar-refractivity contribution in [3.63, 3.8) is 0 Å². The second kappa shape index (κ2) is 11.5. The summed E-state index contributed by atoms with van der Waals surface area (Å²) in [4.78, 5) is 6.87. The molecule has 0 heterocycles. The lowest BCUT2D eigenvalue weighted by Crippen LogP contribution is -2.44. The number of hydrogen-bond donors (Lipinski definition) is 2. The first-order valence-corrected chi connectivity index (χ1v) is 8.98. The highest BCUT2D eigenvalue weighted by molar-refractivity contribution is 14.0. The molecule has 0 saturated heterocycles. The van der Waals surface area contributed by atoms with Crippen LogP contribution in [0.15, 0.2) is 4.99 Å². The Labute approximate surface area is 159 Å². The van der Waals surface area contributed by atoms with Crippen LogP contribution in [0.1, 0.15) is 46.0 Å². The number of aliphatic imine (C=N–C) groups is 1. The third-order valence-electron chi connectivity index (χ3n) is 4.37. The number of rotatable bonds is 11. The fourth-order valence-corrected chi connectivity index (χ4v) is 2.71. The summed E-state index contributed by atoms with van der Waals surface area (Å²) in [5.41, 5.74) is 0. The fourth-order valence-electron chi connectivity index (χ4n) is 2.71. The monoisotopic (exact) mass is 438 g/mol. The van der Waals surface area contributed by atoms with Crippen LogP contribution in [0, 0.1) is 5.92 Å². The van der Waals surface area contributed by atoms with Crippen LogP contribution in [0.4, 0.5) is 0 Å². The molecule has 2 rings (SSSR count). The van der Waals surface area contributed by atoms with Crippen molar-refractivity contribution in [3.8, 4) is 0 Å². The molecule has 0 aliphatic heterocycles. The van der Waals surface area contributed by atoms with Crippen molar-refractivity contribution < 1.29 is 4.74 Å². The Balaban J connectivity index is 0.00000264. The third kappa shape index (κ3) is 9.10. The lowest BCUT2D eigenvalue weighted by Gasteiger charge is -2.26. The number of hydrogen-bond acceptors (Lipinski definition) is 3. The van der Waals surface area contributed by atoms with Gasteiger partial charge < -0.3 is 15.4 Å². The molecule has 0 bridgehead atoms. The predicted molar refractivity (Wildman–Crippen MR) is 108 cm³/mol. The van der Waals surface area contributed by atoms with Crippen LogP contribution in [0.5, 0.6) is 0 Å². The Kier molecular flexibility index (Phi) is 10.5. The van der Waals surface area contributed by atoms with Crippen LogP contribution in [-0.4, -0.2) is 62.8 Å². The summed E-state index contributed by atoms with van der Waals surface area (Å²) in [5, 5.41) is 6.77. The maximum Gasteiger partial charge on any atom is 0.191 e. The predicted octanol–water partition coefficient (Wildman–Crippen LogP) is 2.46. The maximum absolute atomic E-state index is 5.64. The van der Waals surface area contributed by atoms with Gasteiger partial charge in [0.15, 0.2) is 5.96 Å². The van der Waals surface area contributed by atoms with Gasteiger partial charge in [0.2, 0.25) is 0 Å². The summed E-state index contributed by atoms with van der Waals surface area (Å²) in [6.07, 6.45) is 6.50. The van der Waals surface area contributed by atoms with Crippen molar-refractivity contribution in [1.29, 1.82) is 0 Å². The van der Waals surface area contributed by atoms with Crippen molar-refractivity contribution in [2.75, 3.05) is 39.9 Å². The van der Waals surface area contributed by atoms with E-state index in [2.05, 4.69) is 34.4 Å². The third-order valence-corrected chi connectivity index (χ3v) is 4.37. The van der Waals surface area contributed by atoms with Gasteiger partial charge in [-0.1, -0.05) is 0 Å². The summed E-state index contributed by atoms with van der Waals surface area (Å²) in [5.74, 6) is 1.76. The van der Waals surface area contributed by atoms with E-state index < -0.39 is 0 Å². The van der Waals surface area contributed by atoms with Crippen molar-refractivity contribution in [3.05, 3.63) is 0 Å². The van der Waals surface area contributed by atoms with E-state index in [0.717, 1.165) is 57.2 Å². The average molecular weight is 438 g/mol. The zero-order chi connectivity index (χ0) is 15.8. The molecule has 23 heavy (non-hydrogen) atoms. The zero-order valence-electron chi connectivity index (χ0n) is 15.0. The Bertz CT molecular complexity index is 341. The minimum absolute atomic E-state index is 0. The highest BCUT2D eigenvalue weighted by Gasteiger charge is 2.30. The largest absolute Gasteiger partial charge is 0.381 e. The smallest absolute Gasteiger partial charge is 0.191 e. The topological polar surface area (TPSA) is 48.9 Å². The van der Waals surface area contributed by atoms with Gasteiger partial charge in [-0.05, 0) is 51.9 Å². The van der Waals surface area contributed by atoms with Crippen molar-refractivity contribution in [2.45, 2.75) is 58.0 Å². The average Bonchev–Trinajstić information content (AvgIpc) is 3.37. The van der Waals surface area contributed by atoms with E-state index in [4.69, 9.17) is 4.74 Å². The molecule has 0 aromatic heterocycles. The maximum atomic E-state index is 5.64. The highest BCUT2D eigenvalue weighted by Crippen LogP contribution is 2.28. The molecule has 2 fully saturated rings. The Morgan fingerprint density at radius 1 is 1.17 bits per heavy atom. The molecular formula is C17H35IN4O. The van der Waals surface area contributed by atoms with Gasteiger partial charge in [-0.15, -0.1) is 24.0 Å². The first kappa shape index (κ1) is 21.0. The molecule has 0 radical (unpaired) electrons. The minimum atomic E-state index is 0. The Morgan fingerprint density at radius 3 is 2.43 bits per heavy atom. The zero-order valence-corrected chi connectivity index (χ0v) is 17.3. The van der Waals surface area contributed by atoms with Gasteiger partial charge in [0.25, 0.3) is 0 Å². The first-order chi connectivity index (χ1) is 10.7. The van der Waals surface area contributed by atoms with Crippen LogP contribution in [0.25, 0.3) is 0 Å². The van der Waals surface area contributed by atoms with E-state index in [9.17, 15) is 0 Å². The van der Waals surface area contributed by atoms with Gasteiger partial charge in [0.1, 0.15) is 0 Å². The summed E-state index contributed by atoms with van der Waals surface area (Å²) >= 11 is 0. The molecule has 2 saturated carbocycles. The van der Waals surface area contributed by atoms with Gasteiger partial charge in [-0.3, -0.25) is 9.89 Å². The molecule has 136 valence electrons. The molecule has 2 aliphatic rings. The van der Waals surface area contributed by atoms with E-state index >= 15 is 0 Å². The first-order valence-electron chi connectivity index (χ1n) is 8.98. The number of halogens is 1. The lowest BCUT2D eigenvalue weighted by atomic mass is 10.3. The van der Waals surface area contributed by atoms with Crippen LogP contribution in [0.2, 0.25) is 0 Å². The van der Waals surface area contributed by atoms with E-state index in [1.807, 2.05) is 7.05 Å². The Hall–Kier alpha value is -0.0800. The van der Waals surface area contributed by atoms with E-state index in [1.54, 1.807) is 0 Å². The van der Waals surface area contributed by atoms with Crippen LogP contribution < -0.4 is 10.6 Å². The second-order valence-corrected chi connectivity index (χ2v) is 6.86. The molecule has 0 unspecified atom stereocenters. The van der Waals surface area contributed by atoms with Crippen molar-refractivity contribution in [1.82, 2.24) is 15.5 Å². The summed E-state index contributed by atoms with van der Waals surface area (Å²) < 4.78 is 5.64. The molecule has 6 heteroatoms. The number of guanidine groups is 1. The van der Waals surface area contributed by atoms with E-state index in [1.165, 1.54) is 25.7 Å². The fraction of sp³-hybridized carbons (Fsp3) is 0.941. The quantitative estimate of drug-likeness (QED) is 0.225. The standard InChI is InChI=1S/C17H34N4O.HI/c1-14(2)21(16-7-8-16)11-10-20-17(18-3)19-9-4-12-22-13-15-5-6-15;/h14-16H,4-13H2,1-3H3,(H2,18,19,20);1H. The van der Waals surface area contributed by atoms with E-state index in [0.29, 0.717) is 6.04 Å². The number of ether oxygens (including phenoxy) is 1. The molecule has 0 aromatic rings. The molecule has 2 N–H and O–H groups in total. The van der Waals surface area contributed by atoms with Crippen molar-refractivity contribution >= 4 is 29.9 Å². The van der Waals surface area contributed by atoms with Gasteiger partial charge >= 0.3 is 0 Å². The van der Waals surface area contributed by atoms with Crippen LogP contribution in [-0.2, 0) is 4.74 Å². The van der Waals surface area contributed by atoms with Crippen molar-refractivity contribution in [2.24, 2.45) is 10.9 Å². The van der Waals surface area contributed by atoms with E-state index in [-0.39, 0.29) is 24.0 Å². The highest BCUT2D eigenvalue weighted by atomic mass is 127. The molecule has 0 spiro atoms. The summed E-state index contributed by atoms with van der Waals surface area (Å²) in [6.45, 7) is 9.34. The molecule has 0 aromatic carbocycles. The molecule has 2 aliphatic carbocycles. The summed E-state index contributed by atoms with van der Waals surface area (Å²) in [7, 11) is 1.83. The van der Waals surface area contributed by atoms with Gasteiger partial charge in [-0.25, -0.2) is 0 Å². The molecular weight excluding hydrogens is 403 g/mol. The van der Waals surface area contributed by atoms with Gasteiger partial charge in [0.05, 0.1) is 0 Å². The SMILES string of the molecule is CN=C(NCCCOCC1CC1)NCCN(C(C)C)C1CC1.I. The number of nitrogens with zero attached hydrogens (tertiary/aromatic N) is 2. The van der Waals surface area contributed by atoms with Crippen LogP contribution in [0.3, 0.4) is 0 Å².